The van der Waals surface area contributed by atoms with Gasteiger partial charge in [0.25, 0.3) is 10.0 Å². The number of sulfonamides is 1. The molecular weight excluding hydrogens is 573 g/mol. The molecule has 0 saturated carbocycles. The van der Waals surface area contributed by atoms with E-state index in [0.29, 0.717) is 11.3 Å². The number of methoxy groups -OCH3 is 1. The molecule has 8 nitrogen and oxygen atoms in total. The molecule has 0 aromatic heterocycles. The van der Waals surface area contributed by atoms with Crippen molar-refractivity contribution in [2.45, 2.75) is 51.2 Å². The minimum atomic E-state index is -4.21. The van der Waals surface area contributed by atoms with E-state index in [9.17, 15) is 18.0 Å². The smallest absolute Gasteiger partial charge is 0.264 e. The molecule has 40 heavy (non-hydrogen) atoms. The summed E-state index contributed by atoms with van der Waals surface area (Å²) < 4.78 is 34.0. The van der Waals surface area contributed by atoms with E-state index in [1.54, 1.807) is 43.3 Å². The summed E-state index contributed by atoms with van der Waals surface area (Å²) in [6.07, 6.45) is 0. The molecule has 3 aromatic rings. The largest absolute Gasteiger partial charge is 0.497 e. The fraction of sp³-hybridized carbons (Fsp3) is 0.310. The monoisotopic (exact) mass is 605 g/mol. The zero-order valence-corrected chi connectivity index (χ0v) is 25.3. The van der Waals surface area contributed by atoms with Gasteiger partial charge in [0.05, 0.1) is 27.7 Å². The maximum absolute atomic E-state index is 14.0. The third kappa shape index (κ3) is 7.68. The van der Waals surface area contributed by atoms with Crippen LogP contribution in [0.2, 0.25) is 10.0 Å². The van der Waals surface area contributed by atoms with E-state index < -0.39 is 28.5 Å². The standard InChI is InChI=1S/C29H33Cl2N3O5S/c1-19(2)32-29(36)21(4)33(17-22-7-6-8-24(15-22)39-5)28(35)18-34(23-11-14-26(30)27(31)16-23)40(37,38)25-12-9-20(3)10-13-25/h6-16,19,21H,17-18H2,1-5H3,(H,32,36). The minimum absolute atomic E-state index is 0.00178. The SMILES string of the molecule is COc1cccc(CN(C(=O)CN(c2ccc(Cl)c(Cl)c2)S(=O)(=O)c2ccc(C)cc2)C(C)C(=O)NC(C)C)c1. The van der Waals surface area contributed by atoms with Gasteiger partial charge in [0.1, 0.15) is 18.3 Å². The number of ether oxygens (including phenoxy) is 1. The number of carbonyl (C=O) groups excluding carboxylic acids is 2. The number of nitrogens with one attached hydrogen (secondary N) is 1. The molecule has 0 fully saturated rings. The molecule has 0 bridgehead atoms. The first-order valence-electron chi connectivity index (χ1n) is 12.6. The van der Waals surface area contributed by atoms with Crippen LogP contribution >= 0.6 is 23.2 Å². The van der Waals surface area contributed by atoms with Crippen molar-refractivity contribution >= 4 is 50.7 Å². The van der Waals surface area contributed by atoms with Gasteiger partial charge in [-0.2, -0.15) is 0 Å². The average molecular weight is 607 g/mol. The number of aryl methyl sites for hydroxylation is 1. The Morgan fingerprint density at radius 2 is 1.62 bits per heavy atom. The van der Waals surface area contributed by atoms with Crippen LogP contribution in [0.3, 0.4) is 0 Å². The van der Waals surface area contributed by atoms with E-state index >= 15 is 0 Å². The Bertz CT molecular complexity index is 1460. The second-order valence-electron chi connectivity index (χ2n) is 9.64. The summed E-state index contributed by atoms with van der Waals surface area (Å²) >= 11 is 12.3. The van der Waals surface area contributed by atoms with Gasteiger partial charge in [0.15, 0.2) is 0 Å². The predicted molar refractivity (Wildman–Crippen MR) is 158 cm³/mol. The van der Waals surface area contributed by atoms with Gasteiger partial charge >= 0.3 is 0 Å². The number of nitrogens with zero attached hydrogens (tertiary/aromatic N) is 2. The van der Waals surface area contributed by atoms with Gasteiger partial charge in [0, 0.05) is 12.6 Å². The zero-order chi connectivity index (χ0) is 29.6. The first kappa shape index (κ1) is 31.3. The lowest BCUT2D eigenvalue weighted by Crippen LogP contribution is -2.52. The summed E-state index contributed by atoms with van der Waals surface area (Å²) in [6.45, 7) is 6.54. The highest BCUT2D eigenvalue weighted by atomic mass is 35.5. The van der Waals surface area contributed by atoms with E-state index in [4.69, 9.17) is 27.9 Å². The lowest BCUT2D eigenvalue weighted by molar-refractivity contribution is -0.139. The van der Waals surface area contributed by atoms with Crippen molar-refractivity contribution in [3.63, 3.8) is 0 Å². The molecule has 0 saturated heterocycles. The van der Waals surface area contributed by atoms with E-state index in [1.165, 1.54) is 42.3 Å². The Morgan fingerprint density at radius 3 is 2.23 bits per heavy atom. The zero-order valence-electron chi connectivity index (χ0n) is 23.0. The Labute approximate surface area is 245 Å². The summed E-state index contributed by atoms with van der Waals surface area (Å²) in [4.78, 5) is 28.3. The van der Waals surface area contributed by atoms with Crippen LogP contribution < -0.4 is 14.4 Å². The van der Waals surface area contributed by atoms with Gasteiger partial charge in [-0.25, -0.2) is 8.42 Å². The van der Waals surface area contributed by atoms with E-state index in [-0.39, 0.29) is 39.1 Å². The topological polar surface area (TPSA) is 96.0 Å². The summed E-state index contributed by atoms with van der Waals surface area (Å²) in [5.74, 6) is -0.367. The van der Waals surface area contributed by atoms with Crippen LogP contribution in [0.5, 0.6) is 5.75 Å². The fourth-order valence-electron chi connectivity index (χ4n) is 3.96. The number of rotatable bonds is 11. The van der Waals surface area contributed by atoms with Crippen LogP contribution in [0.4, 0.5) is 5.69 Å². The van der Waals surface area contributed by atoms with E-state index in [1.807, 2.05) is 20.8 Å². The lowest BCUT2D eigenvalue weighted by Gasteiger charge is -2.32. The summed E-state index contributed by atoms with van der Waals surface area (Å²) in [5, 5.41) is 3.20. The lowest BCUT2D eigenvalue weighted by atomic mass is 10.1. The van der Waals surface area contributed by atoms with E-state index in [2.05, 4.69) is 5.32 Å². The van der Waals surface area contributed by atoms with Crippen LogP contribution in [-0.4, -0.2) is 50.9 Å². The van der Waals surface area contributed by atoms with Gasteiger partial charge in [-0.1, -0.05) is 53.0 Å². The fourth-order valence-corrected chi connectivity index (χ4v) is 5.66. The number of anilines is 1. The van der Waals surface area contributed by atoms with Crippen LogP contribution in [0.15, 0.2) is 71.6 Å². The number of carbonyl (C=O) groups is 2. The first-order valence-corrected chi connectivity index (χ1v) is 14.8. The molecule has 2 amide bonds. The number of hydrogen-bond donors (Lipinski definition) is 1. The van der Waals surface area contributed by atoms with Crippen LogP contribution in [0, 0.1) is 6.92 Å². The van der Waals surface area contributed by atoms with Gasteiger partial charge in [-0.15, -0.1) is 0 Å². The van der Waals surface area contributed by atoms with Crippen molar-refractivity contribution in [2.75, 3.05) is 18.0 Å². The molecular formula is C29H33Cl2N3O5S. The molecule has 0 aliphatic heterocycles. The van der Waals surface area contributed by atoms with Gasteiger partial charge in [-0.05, 0) is 75.7 Å². The molecule has 0 heterocycles. The van der Waals surface area contributed by atoms with Gasteiger partial charge in [-0.3, -0.25) is 13.9 Å². The second kappa shape index (κ2) is 13.4. The van der Waals surface area contributed by atoms with Gasteiger partial charge < -0.3 is 15.0 Å². The molecule has 3 rings (SSSR count). The number of hydrogen-bond acceptors (Lipinski definition) is 5. The van der Waals surface area contributed by atoms with Crippen molar-refractivity contribution in [3.8, 4) is 5.75 Å². The van der Waals surface area contributed by atoms with Crippen LogP contribution in [0.1, 0.15) is 31.9 Å². The molecule has 1 atom stereocenters. The molecule has 1 unspecified atom stereocenters. The highest BCUT2D eigenvalue weighted by molar-refractivity contribution is 7.92. The molecule has 0 radical (unpaired) electrons. The maximum atomic E-state index is 14.0. The highest BCUT2D eigenvalue weighted by Gasteiger charge is 2.33. The summed E-state index contributed by atoms with van der Waals surface area (Å²) in [7, 11) is -2.68. The van der Waals surface area contributed by atoms with Crippen molar-refractivity contribution < 1.29 is 22.7 Å². The number of halogens is 2. The Balaban J connectivity index is 2.06. The third-order valence-corrected chi connectivity index (χ3v) is 8.69. The number of amides is 2. The van der Waals surface area contributed by atoms with Crippen molar-refractivity contribution in [3.05, 3.63) is 87.9 Å². The number of benzene rings is 3. The Morgan fingerprint density at radius 1 is 0.950 bits per heavy atom. The van der Waals surface area contributed by atoms with E-state index in [0.717, 1.165) is 9.87 Å². The predicted octanol–water partition coefficient (Wildman–Crippen LogP) is 5.45. The molecule has 11 heteroatoms. The Kier molecular flexibility index (Phi) is 10.5. The Hall–Kier alpha value is -3.27. The summed E-state index contributed by atoms with van der Waals surface area (Å²) in [6, 6.07) is 16.7. The molecule has 0 aliphatic rings. The van der Waals surface area contributed by atoms with Crippen LogP contribution in [0.25, 0.3) is 0 Å². The molecule has 1 N–H and O–H groups in total. The molecule has 0 spiro atoms. The van der Waals surface area contributed by atoms with Crippen LogP contribution in [-0.2, 0) is 26.2 Å². The molecule has 214 valence electrons. The highest BCUT2D eigenvalue weighted by Crippen LogP contribution is 2.31. The van der Waals surface area contributed by atoms with Crippen molar-refractivity contribution in [1.82, 2.24) is 10.2 Å². The third-order valence-electron chi connectivity index (χ3n) is 6.16. The average Bonchev–Trinajstić information content (AvgIpc) is 2.91. The molecule has 3 aromatic carbocycles. The van der Waals surface area contributed by atoms with Crippen molar-refractivity contribution in [1.29, 1.82) is 0 Å². The normalized spacial score (nSPS) is 12.1. The second-order valence-corrected chi connectivity index (χ2v) is 12.3. The molecule has 0 aliphatic carbocycles. The first-order chi connectivity index (χ1) is 18.8. The van der Waals surface area contributed by atoms with Gasteiger partial charge in [0.2, 0.25) is 11.8 Å². The summed E-state index contributed by atoms with van der Waals surface area (Å²) in [5.41, 5.74) is 1.74. The minimum Gasteiger partial charge on any atom is -0.497 e. The maximum Gasteiger partial charge on any atom is 0.264 e. The quantitative estimate of drug-likeness (QED) is 0.313. The van der Waals surface area contributed by atoms with Crippen molar-refractivity contribution in [2.24, 2.45) is 0 Å².